The van der Waals surface area contributed by atoms with E-state index in [1.54, 1.807) is 0 Å². The third kappa shape index (κ3) is 3.56. The molecule has 3 heteroatoms. The molecular weight excluding hydrogens is 198 g/mol. The minimum absolute atomic E-state index is 0.245. The summed E-state index contributed by atoms with van der Waals surface area (Å²) in [6.07, 6.45) is 1.76. The first kappa shape index (κ1) is 11.3. The van der Waals surface area contributed by atoms with Crippen LogP contribution in [0, 0.1) is 0 Å². The van der Waals surface area contributed by atoms with Crippen LogP contribution in [0.15, 0.2) is 24.3 Å². The predicted octanol–water partition coefficient (Wildman–Crippen LogP) is 2.91. The molecule has 0 bridgehead atoms. The van der Waals surface area contributed by atoms with Gasteiger partial charge in [-0.2, -0.15) is 0 Å². The van der Waals surface area contributed by atoms with E-state index in [2.05, 4.69) is 12.2 Å². The van der Waals surface area contributed by atoms with Crippen LogP contribution < -0.4 is 5.32 Å². The molecule has 0 amide bonds. The van der Waals surface area contributed by atoms with E-state index in [0.29, 0.717) is 6.04 Å². The molecule has 2 N–H and O–H groups in total. The average molecular weight is 214 g/mol. The molecule has 0 aliphatic carbocycles. The molecule has 1 atom stereocenters. The molecule has 0 saturated heterocycles. The number of benzene rings is 1. The third-order valence-electron chi connectivity index (χ3n) is 2.07. The van der Waals surface area contributed by atoms with Gasteiger partial charge in [0.05, 0.1) is 10.7 Å². The molecule has 0 spiro atoms. The molecule has 1 rings (SSSR count). The molecule has 78 valence electrons. The van der Waals surface area contributed by atoms with Crippen molar-refractivity contribution in [2.45, 2.75) is 25.8 Å². The smallest absolute Gasteiger partial charge is 0.0637 e. The lowest BCUT2D eigenvalue weighted by Gasteiger charge is -2.15. The standard InChI is InChI=1S/C11H16ClNO/c1-9(5-4-8-14)13-11-7-3-2-6-10(11)12/h2-3,6-7,9,13-14H,4-5,8H2,1H3. The molecule has 14 heavy (non-hydrogen) atoms. The van der Waals surface area contributed by atoms with E-state index in [9.17, 15) is 0 Å². The molecule has 0 heterocycles. The zero-order valence-corrected chi connectivity index (χ0v) is 9.09. The van der Waals surface area contributed by atoms with E-state index < -0.39 is 0 Å². The van der Waals surface area contributed by atoms with E-state index in [1.165, 1.54) is 0 Å². The van der Waals surface area contributed by atoms with Crippen molar-refractivity contribution >= 4 is 17.3 Å². The third-order valence-corrected chi connectivity index (χ3v) is 2.40. The Balaban J connectivity index is 2.47. The maximum atomic E-state index is 8.68. The van der Waals surface area contributed by atoms with Crippen LogP contribution in [-0.4, -0.2) is 17.8 Å². The number of nitrogens with one attached hydrogen (secondary N) is 1. The molecule has 1 unspecified atom stereocenters. The lowest BCUT2D eigenvalue weighted by Crippen LogP contribution is -2.15. The maximum absolute atomic E-state index is 8.68. The summed E-state index contributed by atoms with van der Waals surface area (Å²) < 4.78 is 0. The number of rotatable bonds is 5. The summed E-state index contributed by atoms with van der Waals surface area (Å²) >= 11 is 5.99. The first-order valence-corrected chi connectivity index (χ1v) is 5.23. The van der Waals surface area contributed by atoms with Gasteiger partial charge in [0.1, 0.15) is 0 Å². The minimum atomic E-state index is 0.245. The van der Waals surface area contributed by atoms with Crippen LogP contribution in [0.1, 0.15) is 19.8 Å². The quantitative estimate of drug-likeness (QED) is 0.789. The van der Waals surface area contributed by atoms with Crippen molar-refractivity contribution in [1.29, 1.82) is 0 Å². The number of hydrogen-bond acceptors (Lipinski definition) is 2. The second-order valence-electron chi connectivity index (χ2n) is 3.39. The van der Waals surface area contributed by atoms with Crippen LogP contribution in [0.5, 0.6) is 0 Å². The molecular formula is C11H16ClNO. The number of aliphatic hydroxyl groups is 1. The SMILES string of the molecule is CC(CCCO)Nc1ccccc1Cl. The van der Waals surface area contributed by atoms with Gasteiger partial charge in [-0.3, -0.25) is 0 Å². The highest BCUT2D eigenvalue weighted by Gasteiger charge is 2.03. The normalized spacial score (nSPS) is 12.5. The topological polar surface area (TPSA) is 32.3 Å². The maximum Gasteiger partial charge on any atom is 0.0637 e. The summed E-state index contributed by atoms with van der Waals surface area (Å²) in [5.41, 5.74) is 0.958. The fourth-order valence-corrected chi connectivity index (χ4v) is 1.50. The fraction of sp³-hybridized carbons (Fsp3) is 0.455. The van der Waals surface area contributed by atoms with Crippen molar-refractivity contribution in [3.63, 3.8) is 0 Å². The van der Waals surface area contributed by atoms with Crippen molar-refractivity contribution in [3.05, 3.63) is 29.3 Å². The number of para-hydroxylation sites is 1. The van der Waals surface area contributed by atoms with Gasteiger partial charge in [0.15, 0.2) is 0 Å². The molecule has 0 aromatic heterocycles. The Labute approximate surface area is 89.9 Å². The first-order valence-electron chi connectivity index (χ1n) is 4.86. The Morgan fingerprint density at radius 3 is 2.79 bits per heavy atom. The van der Waals surface area contributed by atoms with Gasteiger partial charge in [-0.15, -0.1) is 0 Å². The van der Waals surface area contributed by atoms with E-state index in [0.717, 1.165) is 23.6 Å². The van der Waals surface area contributed by atoms with Gasteiger partial charge < -0.3 is 10.4 Å². The summed E-state index contributed by atoms with van der Waals surface area (Å²) in [4.78, 5) is 0. The Morgan fingerprint density at radius 1 is 1.43 bits per heavy atom. The zero-order valence-electron chi connectivity index (χ0n) is 8.33. The highest BCUT2D eigenvalue weighted by molar-refractivity contribution is 6.33. The minimum Gasteiger partial charge on any atom is -0.396 e. The lowest BCUT2D eigenvalue weighted by molar-refractivity contribution is 0.282. The van der Waals surface area contributed by atoms with Crippen LogP contribution in [-0.2, 0) is 0 Å². The van der Waals surface area contributed by atoms with Crippen LogP contribution in [0.4, 0.5) is 5.69 Å². The Hall–Kier alpha value is -0.730. The Bertz CT molecular complexity index is 278. The van der Waals surface area contributed by atoms with Gasteiger partial charge in [0, 0.05) is 12.6 Å². The summed E-state index contributed by atoms with van der Waals surface area (Å²) in [6, 6.07) is 8.02. The number of halogens is 1. The predicted molar refractivity (Wildman–Crippen MR) is 60.9 cm³/mol. The van der Waals surface area contributed by atoms with Crippen molar-refractivity contribution in [1.82, 2.24) is 0 Å². The molecule has 0 aliphatic rings. The molecule has 0 saturated carbocycles. The Morgan fingerprint density at radius 2 is 2.14 bits per heavy atom. The zero-order chi connectivity index (χ0) is 10.4. The van der Waals surface area contributed by atoms with E-state index in [1.807, 2.05) is 24.3 Å². The van der Waals surface area contributed by atoms with Crippen LogP contribution >= 0.6 is 11.6 Å². The second kappa shape index (κ2) is 5.89. The van der Waals surface area contributed by atoms with Crippen molar-refractivity contribution in [2.75, 3.05) is 11.9 Å². The average Bonchev–Trinajstić information content (AvgIpc) is 2.18. The van der Waals surface area contributed by atoms with Crippen molar-refractivity contribution in [3.8, 4) is 0 Å². The Kier molecular flexibility index (Phi) is 4.77. The van der Waals surface area contributed by atoms with E-state index in [4.69, 9.17) is 16.7 Å². The van der Waals surface area contributed by atoms with Crippen LogP contribution in [0.2, 0.25) is 5.02 Å². The van der Waals surface area contributed by atoms with Crippen molar-refractivity contribution in [2.24, 2.45) is 0 Å². The summed E-state index contributed by atoms with van der Waals surface area (Å²) in [7, 11) is 0. The molecule has 0 aliphatic heterocycles. The highest BCUT2D eigenvalue weighted by Crippen LogP contribution is 2.21. The second-order valence-corrected chi connectivity index (χ2v) is 3.80. The monoisotopic (exact) mass is 213 g/mol. The van der Waals surface area contributed by atoms with Crippen LogP contribution in [0.25, 0.3) is 0 Å². The summed E-state index contributed by atoms with van der Waals surface area (Å²) in [5, 5.41) is 12.7. The van der Waals surface area contributed by atoms with Gasteiger partial charge in [-0.05, 0) is 31.9 Å². The molecule has 0 fully saturated rings. The first-order chi connectivity index (χ1) is 6.74. The number of anilines is 1. The molecule has 1 aromatic carbocycles. The van der Waals surface area contributed by atoms with Gasteiger partial charge in [-0.1, -0.05) is 23.7 Å². The molecule has 0 radical (unpaired) electrons. The van der Waals surface area contributed by atoms with Crippen molar-refractivity contribution < 1.29 is 5.11 Å². The number of hydrogen-bond donors (Lipinski definition) is 2. The lowest BCUT2D eigenvalue weighted by atomic mass is 10.2. The van der Waals surface area contributed by atoms with Crippen LogP contribution in [0.3, 0.4) is 0 Å². The van der Waals surface area contributed by atoms with Gasteiger partial charge >= 0.3 is 0 Å². The van der Waals surface area contributed by atoms with Gasteiger partial charge in [-0.25, -0.2) is 0 Å². The number of aliphatic hydroxyl groups excluding tert-OH is 1. The fourth-order valence-electron chi connectivity index (χ4n) is 1.31. The summed E-state index contributed by atoms with van der Waals surface area (Å²) in [5.74, 6) is 0. The summed E-state index contributed by atoms with van der Waals surface area (Å²) in [6.45, 7) is 2.33. The molecule has 2 nitrogen and oxygen atoms in total. The molecule has 1 aromatic rings. The van der Waals surface area contributed by atoms with Gasteiger partial charge in [0.2, 0.25) is 0 Å². The van der Waals surface area contributed by atoms with E-state index in [-0.39, 0.29) is 6.61 Å². The van der Waals surface area contributed by atoms with Gasteiger partial charge in [0.25, 0.3) is 0 Å². The largest absolute Gasteiger partial charge is 0.396 e. The highest BCUT2D eigenvalue weighted by atomic mass is 35.5. The van der Waals surface area contributed by atoms with E-state index >= 15 is 0 Å².